The van der Waals surface area contributed by atoms with Crippen LogP contribution in [0, 0.1) is 15.9 Å². The first-order chi connectivity index (χ1) is 11.4. The molecule has 2 aromatic rings. The highest BCUT2D eigenvalue weighted by Gasteiger charge is 2.28. The van der Waals surface area contributed by atoms with Gasteiger partial charge in [-0.1, -0.05) is 11.6 Å². The van der Waals surface area contributed by atoms with Crippen LogP contribution in [0.15, 0.2) is 34.8 Å². The summed E-state index contributed by atoms with van der Waals surface area (Å²) < 4.78 is 14.6. The average molecular weight is 414 g/mol. The number of nitro benzene ring substituents is 1. The Morgan fingerprint density at radius 1 is 1.33 bits per heavy atom. The highest BCUT2D eigenvalue weighted by Crippen LogP contribution is 2.34. The minimum absolute atomic E-state index is 0.132. The molecule has 0 saturated heterocycles. The van der Waals surface area contributed by atoms with Crippen LogP contribution in [-0.2, 0) is 6.42 Å². The third kappa shape index (κ3) is 3.01. The van der Waals surface area contributed by atoms with Gasteiger partial charge in [-0.25, -0.2) is 4.39 Å². The van der Waals surface area contributed by atoms with Crippen molar-refractivity contribution < 1.29 is 14.1 Å². The molecule has 2 aromatic carbocycles. The second-order valence-electron chi connectivity index (χ2n) is 5.38. The summed E-state index contributed by atoms with van der Waals surface area (Å²) in [6, 6.07) is 6.91. The number of nitro groups is 1. The molecule has 0 spiro atoms. The van der Waals surface area contributed by atoms with E-state index in [9.17, 15) is 19.3 Å². The number of halogens is 3. The topological polar surface area (TPSA) is 63.4 Å². The summed E-state index contributed by atoms with van der Waals surface area (Å²) in [4.78, 5) is 24.6. The van der Waals surface area contributed by atoms with E-state index in [-0.39, 0.29) is 26.4 Å². The van der Waals surface area contributed by atoms with Gasteiger partial charge < -0.3 is 4.90 Å². The molecule has 0 saturated carbocycles. The Hall–Kier alpha value is -1.99. The summed E-state index contributed by atoms with van der Waals surface area (Å²) in [7, 11) is 0. The molecular formula is C16H11BrClFN2O3. The molecule has 0 aliphatic carbocycles. The van der Waals surface area contributed by atoms with Crippen LogP contribution in [0.25, 0.3) is 0 Å². The van der Waals surface area contributed by atoms with Gasteiger partial charge in [-0.3, -0.25) is 14.9 Å². The third-order valence-corrected chi connectivity index (χ3v) is 4.73. The van der Waals surface area contributed by atoms with E-state index in [1.165, 1.54) is 23.1 Å². The fourth-order valence-corrected chi connectivity index (χ4v) is 3.41. The number of nitrogens with zero attached hydrogens (tertiary/aromatic N) is 2. The summed E-state index contributed by atoms with van der Waals surface area (Å²) in [5.41, 5.74) is 0.772. The highest BCUT2D eigenvalue weighted by atomic mass is 79.9. The molecule has 1 heterocycles. The van der Waals surface area contributed by atoms with Crippen molar-refractivity contribution in [3.63, 3.8) is 0 Å². The first-order valence-corrected chi connectivity index (χ1v) is 8.29. The molecule has 1 aliphatic rings. The molecule has 0 fully saturated rings. The van der Waals surface area contributed by atoms with Crippen molar-refractivity contribution in [2.45, 2.75) is 12.8 Å². The van der Waals surface area contributed by atoms with Crippen LogP contribution in [0.5, 0.6) is 0 Å². The number of benzene rings is 2. The second-order valence-corrected chi connectivity index (χ2v) is 6.67. The molecule has 0 atom stereocenters. The maximum Gasteiger partial charge on any atom is 0.284 e. The predicted octanol–water partition coefficient (Wildman–Crippen LogP) is 4.74. The van der Waals surface area contributed by atoms with E-state index in [0.717, 1.165) is 6.07 Å². The van der Waals surface area contributed by atoms with Gasteiger partial charge in [0.05, 0.1) is 15.1 Å². The zero-order chi connectivity index (χ0) is 17.4. The summed E-state index contributed by atoms with van der Waals surface area (Å²) in [6.45, 7) is 0.342. The fourth-order valence-electron chi connectivity index (χ4n) is 2.80. The number of rotatable bonds is 2. The van der Waals surface area contributed by atoms with Gasteiger partial charge in [0.15, 0.2) is 0 Å². The Kier molecular flexibility index (Phi) is 4.56. The molecule has 1 aliphatic heterocycles. The van der Waals surface area contributed by atoms with Crippen molar-refractivity contribution in [1.82, 2.24) is 0 Å². The van der Waals surface area contributed by atoms with Crippen molar-refractivity contribution >= 4 is 44.8 Å². The van der Waals surface area contributed by atoms with Gasteiger partial charge in [-0.15, -0.1) is 0 Å². The first-order valence-electron chi connectivity index (χ1n) is 7.12. The van der Waals surface area contributed by atoms with Gasteiger partial charge in [0.1, 0.15) is 5.82 Å². The molecule has 0 bridgehead atoms. The molecular weight excluding hydrogens is 403 g/mol. The lowest BCUT2D eigenvalue weighted by atomic mass is 10.00. The van der Waals surface area contributed by atoms with Crippen molar-refractivity contribution in [2.75, 3.05) is 11.4 Å². The number of amides is 1. The maximum absolute atomic E-state index is 14.3. The molecule has 24 heavy (non-hydrogen) atoms. The molecule has 8 heteroatoms. The average Bonchev–Trinajstić information content (AvgIpc) is 2.53. The lowest BCUT2D eigenvalue weighted by Gasteiger charge is -2.30. The van der Waals surface area contributed by atoms with Gasteiger partial charge in [0.25, 0.3) is 11.6 Å². The molecule has 5 nitrogen and oxygen atoms in total. The van der Waals surface area contributed by atoms with E-state index in [1.54, 1.807) is 6.07 Å². The molecule has 1 amide bonds. The summed E-state index contributed by atoms with van der Waals surface area (Å²) >= 11 is 8.96. The van der Waals surface area contributed by atoms with Gasteiger partial charge in [-0.05, 0) is 58.6 Å². The molecule has 0 aromatic heterocycles. The second kappa shape index (κ2) is 6.49. The van der Waals surface area contributed by atoms with Crippen LogP contribution in [-0.4, -0.2) is 17.4 Å². The molecule has 0 radical (unpaired) electrons. The van der Waals surface area contributed by atoms with Crippen LogP contribution in [0.1, 0.15) is 22.3 Å². The molecule has 124 valence electrons. The summed E-state index contributed by atoms with van der Waals surface area (Å²) in [5.74, 6) is -1.05. The number of carbonyl (C=O) groups is 1. The minimum Gasteiger partial charge on any atom is -0.305 e. The van der Waals surface area contributed by atoms with Crippen LogP contribution in [0.4, 0.5) is 15.8 Å². The Balaban J connectivity index is 2.04. The van der Waals surface area contributed by atoms with Gasteiger partial charge in [0, 0.05) is 23.2 Å². The number of aryl methyl sites for hydroxylation is 1. The SMILES string of the molecule is O=C(c1ccc(Br)c([N+](=O)[O-])c1)N1CCCc2cc(Cl)cc(F)c21. The van der Waals surface area contributed by atoms with Crippen molar-refractivity contribution in [3.8, 4) is 0 Å². The van der Waals surface area contributed by atoms with Crippen LogP contribution in [0.3, 0.4) is 0 Å². The first kappa shape index (κ1) is 16.9. The predicted molar refractivity (Wildman–Crippen MR) is 92.2 cm³/mol. The monoisotopic (exact) mass is 412 g/mol. The normalized spacial score (nSPS) is 13.5. The Morgan fingerprint density at radius 3 is 2.79 bits per heavy atom. The number of hydrogen-bond donors (Lipinski definition) is 0. The van der Waals surface area contributed by atoms with Crippen LogP contribution < -0.4 is 4.90 Å². The zero-order valence-corrected chi connectivity index (χ0v) is 14.6. The number of fused-ring (bicyclic) bond motifs is 1. The third-order valence-electron chi connectivity index (χ3n) is 3.84. The van der Waals surface area contributed by atoms with E-state index in [0.29, 0.717) is 24.9 Å². The zero-order valence-electron chi connectivity index (χ0n) is 12.3. The van der Waals surface area contributed by atoms with E-state index < -0.39 is 16.6 Å². The number of hydrogen-bond acceptors (Lipinski definition) is 3. The largest absolute Gasteiger partial charge is 0.305 e. The number of anilines is 1. The van der Waals surface area contributed by atoms with E-state index in [1.807, 2.05) is 0 Å². The smallest absolute Gasteiger partial charge is 0.284 e. The maximum atomic E-state index is 14.3. The molecule has 3 rings (SSSR count). The molecule has 0 N–H and O–H groups in total. The molecule has 0 unspecified atom stereocenters. The van der Waals surface area contributed by atoms with Gasteiger partial charge in [0.2, 0.25) is 0 Å². The lowest BCUT2D eigenvalue weighted by Crippen LogP contribution is -2.36. The van der Waals surface area contributed by atoms with Gasteiger partial charge >= 0.3 is 0 Å². The summed E-state index contributed by atoms with van der Waals surface area (Å²) in [6.07, 6.45) is 1.29. The van der Waals surface area contributed by atoms with Gasteiger partial charge in [-0.2, -0.15) is 0 Å². The van der Waals surface area contributed by atoms with Crippen LogP contribution >= 0.6 is 27.5 Å². The van der Waals surface area contributed by atoms with Crippen molar-refractivity contribution in [3.05, 3.63) is 66.9 Å². The quantitative estimate of drug-likeness (QED) is 0.527. The lowest BCUT2D eigenvalue weighted by molar-refractivity contribution is -0.385. The Labute approximate surface area is 150 Å². The van der Waals surface area contributed by atoms with E-state index in [4.69, 9.17) is 11.6 Å². The fraction of sp³-hybridized carbons (Fsp3) is 0.188. The van der Waals surface area contributed by atoms with E-state index >= 15 is 0 Å². The standard InChI is InChI=1S/C16H11BrClFN2O3/c17-12-4-3-10(7-14(12)21(23)24)16(22)20-5-1-2-9-6-11(18)8-13(19)15(9)20/h3-4,6-8H,1-2,5H2. The van der Waals surface area contributed by atoms with Crippen LogP contribution in [0.2, 0.25) is 5.02 Å². The van der Waals surface area contributed by atoms with Crippen molar-refractivity contribution in [1.29, 1.82) is 0 Å². The van der Waals surface area contributed by atoms with Crippen molar-refractivity contribution in [2.24, 2.45) is 0 Å². The minimum atomic E-state index is -0.578. The van der Waals surface area contributed by atoms with E-state index in [2.05, 4.69) is 15.9 Å². The Morgan fingerprint density at radius 2 is 2.08 bits per heavy atom. The Bertz CT molecular complexity index is 859. The highest BCUT2D eigenvalue weighted by molar-refractivity contribution is 9.10. The number of carbonyl (C=O) groups excluding carboxylic acids is 1. The summed E-state index contributed by atoms with van der Waals surface area (Å²) in [5, 5.41) is 11.3.